The van der Waals surface area contributed by atoms with Gasteiger partial charge >= 0.3 is 12.1 Å². The highest BCUT2D eigenvalue weighted by Crippen LogP contribution is 2.35. The number of carbonyl (C=O) groups is 2. The Morgan fingerprint density at radius 3 is 2.44 bits per heavy atom. The monoisotopic (exact) mass is 499 g/mol. The Bertz CT molecular complexity index is 1180. The number of aromatic nitrogens is 3. The second-order valence-electron chi connectivity index (χ2n) is 9.22. The maximum Gasteiger partial charge on any atom is 0.434 e. The van der Waals surface area contributed by atoms with Crippen LogP contribution in [0, 0.1) is 12.8 Å². The predicted molar refractivity (Wildman–Crippen MR) is 126 cm³/mol. The molecule has 1 fully saturated rings. The van der Waals surface area contributed by atoms with Crippen molar-refractivity contribution in [2.24, 2.45) is 5.92 Å². The van der Waals surface area contributed by atoms with Crippen molar-refractivity contribution in [1.82, 2.24) is 14.5 Å². The third-order valence-electron chi connectivity index (χ3n) is 6.58. The molecular weight excluding hydrogens is 471 g/mol. The van der Waals surface area contributed by atoms with Crippen LogP contribution in [0.4, 0.5) is 13.2 Å². The van der Waals surface area contributed by atoms with Crippen molar-refractivity contribution in [1.29, 1.82) is 0 Å². The molecule has 0 N–H and O–H groups in total. The van der Waals surface area contributed by atoms with Crippen LogP contribution in [0.5, 0.6) is 0 Å². The maximum absolute atomic E-state index is 13.3. The molecule has 1 saturated carbocycles. The van der Waals surface area contributed by atoms with Gasteiger partial charge in [0.2, 0.25) is 0 Å². The molecule has 1 aliphatic rings. The minimum atomic E-state index is -4.58. The van der Waals surface area contributed by atoms with Gasteiger partial charge in [-0.1, -0.05) is 56.0 Å². The lowest BCUT2D eigenvalue weighted by molar-refractivity contribution is -0.141. The molecule has 2 aromatic heterocycles. The number of ether oxygens (including phenoxy) is 1. The van der Waals surface area contributed by atoms with Crippen LogP contribution in [0.2, 0.25) is 0 Å². The summed E-state index contributed by atoms with van der Waals surface area (Å²) in [5.41, 5.74) is 0.549. The van der Waals surface area contributed by atoms with Crippen molar-refractivity contribution in [3.63, 3.8) is 0 Å². The fraction of sp³-hybridized carbons (Fsp3) is 0.407. The molecule has 0 saturated heterocycles. The topological polar surface area (TPSA) is 74.1 Å². The Hall–Kier alpha value is -3.49. The second kappa shape index (κ2) is 11.1. The SMILES string of the molecule is Cc1nc(C(F)(F)F)cn1[C@@H](CC1CCCC1)C(=O)Cc1ccc(C(=O)OCc2ccccc2)cn1. The molecule has 3 aromatic rings. The average Bonchev–Trinajstić information content (AvgIpc) is 3.51. The van der Waals surface area contributed by atoms with E-state index < -0.39 is 23.9 Å². The fourth-order valence-corrected chi connectivity index (χ4v) is 4.65. The van der Waals surface area contributed by atoms with Gasteiger partial charge < -0.3 is 9.30 Å². The lowest BCUT2D eigenvalue weighted by Crippen LogP contribution is -2.24. The maximum atomic E-state index is 13.3. The number of alkyl halides is 3. The summed E-state index contributed by atoms with van der Waals surface area (Å²) >= 11 is 0. The largest absolute Gasteiger partial charge is 0.457 e. The van der Waals surface area contributed by atoms with E-state index in [0.717, 1.165) is 37.4 Å². The number of pyridine rings is 1. The van der Waals surface area contributed by atoms with Crippen LogP contribution < -0.4 is 0 Å². The van der Waals surface area contributed by atoms with Gasteiger partial charge in [0.05, 0.1) is 18.0 Å². The molecule has 9 heteroatoms. The number of nitrogens with zero attached hydrogens (tertiary/aromatic N) is 3. The van der Waals surface area contributed by atoms with Crippen molar-refractivity contribution in [3.8, 4) is 0 Å². The van der Waals surface area contributed by atoms with Crippen LogP contribution in [0.15, 0.2) is 54.9 Å². The van der Waals surface area contributed by atoms with Crippen molar-refractivity contribution in [2.45, 2.75) is 64.3 Å². The first kappa shape index (κ1) is 25.6. The highest BCUT2D eigenvalue weighted by molar-refractivity contribution is 5.89. The lowest BCUT2D eigenvalue weighted by atomic mass is 9.93. The van der Waals surface area contributed by atoms with E-state index in [4.69, 9.17) is 4.74 Å². The van der Waals surface area contributed by atoms with Crippen molar-refractivity contribution in [2.75, 3.05) is 0 Å². The van der Waals surface area contributed by atoms with Crippen LogP contribution in [-0.4, -0.2) is 26.3 Å². The third-order valence-corrected chi connectivity index (χ3v) is 6.58. The zero-order chi connectivity index (χ0) is 25.7. The summed E-state index contributed by atoms with van der Waals surface area (Å²) < 4.78 is 46.4. The molecule has 1 aromatic carbocycles. The Morgan fingerprint density at radius 2 is 1.83 bits per heavy atom. The molecule has 0 radical (unpaired) electrons. The van der Waals surface area contributed by atoms with E-state index in [1.165, 1.54) is 17.7 Å². The normalized spacial score (nSPS) is 15.1. The van der Waals surface area contributed by atoms with Gasteiger partial charge in [-0.25, -0.2) is 9.78 Å². The summed E-state index contributed by atoms with van der Waals surface area (Å²) in [5, 5.41) is 0. The molecule has 6 nitrogen and oxygen atoms in total. The first-order valence-corrected chi connectivity index (χ1v) is 12.0. The molecule has 1 atom stereocenters. The molecule has 36 heavy (non-hydrogen) atoms. The van der Waals surface area contributed by atoms with Crippen LogP contribution in [0.1, 0.15) is 71.3 Å². The minimum absolute atomic E-state index is 0.0598. The molecule has 0 aliphatic heterocycles. The van der Waals surface area contributed by atoms with Crippen molar-refractivity contribution >= 4 is 11.8 Å². The molecular formula is C27H28F3N3O3. The van der Waals surface area contributed by atoms with Crippen molar-refractivity contribution < 1.29 is 27.5 Å². The summed E-state index contributed by atoms with van der Waals surface area (Å²) in [5.74, 6) is -0.326. The van der Waals surface area contributed by atoms with Gasteiger partial charge in [0, 0.05) is 18.1 Å². The van der Waals surface area contributed by atoms with Crippen LogP contribution in [0.3, 0.4) is 0 Å². The van der Waals surface area contributed by atoms with Crippen LogP contribution >= 0.6 is 0 Å². The van der Waals surface area contributed by atoms with Gasteiger partial charge in [-0.3, -0.25) is 9.78 Å². The number of carbonyl (C=O) groups excluding carboxylic acids is 2. The van der Waals surface area contributed by atoms with Gasteiger partial charge in [-0.15, -0.1) is 0 Å². The number of halogens is 3. The fourth-order valence-electron chi connectivity index (χ4n) is 4.65. The molecule has 0 amide bonds. The number of imidazole rings is 1. The number of Topliss-reactive ketones (excluding diaryl/α,β-unsaturated/α-hetero) is 1. The number of aryl methyl sites for hydroxylation is 1. The van der Waals surface area contributed by atoms with Gasteiger partial charge in [0.15, 0.2) is 11.5 Å². The number of benzene rings is 1. The van der Waals surface area contributed by atoms with E-state index in [0.29, 0.717) is 12.1 Å². The summed E-state index contributed by atoms with van der Waals surface area (Å²) in [7, 11) is 0. The van der Waals surface area contributed by atoms with Crippen molar-refractivity contribution in [3.05, 3.63) is 83.2 Å². The van der Waals surface area contributed by atoms with E-state index in [9.17, 15) is 22.8 Å². The van der Waals surface area contributed by atoms with Crippen LogP contribution in [0.25, 0.3) is 0 Å². The predicted octanol–water partition coefficient (Wildman–Crippen LogP) is 5.90. The lowest BCUT2D eigenvalue weighted by Gasteiger charge is -2.22. The number of esters is 1. The average molecular weight is 500 g/mol. The zero-order valence-corrected chi connectivity index (χ0v) is 20.0. The standard InChI is InChI=1S/C27H28F3N3O3/c1-18-32-25(27(28,29)30)16-33(18)23(13-19-7-5-6-8-19)24(34)14-22-12-11-21(15-31-22)26(35)36-17-20-9-3-2-4-10-20/h2-4,9-12,15-16,19,23H,5-8,13-14,17H2,1H3/t23-/m0/s1. The number of hydrogen-bond acceptors (Lipinski definition) is 5. The summed E-state index contributed by atoms with van der Waals surface area (Å²) in [4.78, 5) is 33.6. The summed E-state index contributed by atoms with van der Waals surface area (Å²) in [6.07, 6.45) is 2.16. The van der Waals surface area contributed by atoms with E-state index in [1.54, 1.807) is 12.1 Å². The quantitative estimate of drug-likeness (QED) is 0.343. The molecule has 0 spiro atoms. The zero-order valence-electron chi connectivity index (χ0n) is 20.0. The Labute approximate surface area is 207 Å². The third kappa shape index (κ3) is 6.38. The number of ketones is 1. The van der Waals surface area contributed by atoms with Gasteiger partial charge in [-0.05, 0) is 37.0 Å². The number of rotatable bonds is 9. The molecule has 2 heterocycles. The first-order chi connectivity index (χ1) is 17.2. The van der Waals surface area contributed by atoms with Gasteiger partial charge in [-0.2, -0.15) is 13.2 Å². The van der Waals surface area contributed by atoms with Gasteiger partial charge in [0.1, 0.15) is 12.4 Å². The van der Waals surface area contributed by atoms with E-state index in [1.807, 2.05) is 30.3 Å². The van der Waals surface area contributed by atoms with E-state index in [-0.39, 0.29) is 36.1 Å². The second-order valence-corrected chi connectivity index (χ2v) is 9.22. The first-order valence-electron chi connectivity index (χ1n) is 12.0. The summed E-state index contributed by atoms with van der Waals surface area (Å²) in [6, 6.07) is 11.6. The molecule has 1 aliphatic carbocycles. The van der Waals surface area contributed by atoms with Crippen LogP contribution in [-0.2, 0) is 28.7 Å². The smallest absolute Gasteiger partial charge is 0.434 e. The molecule has 0 bridgehead atoms. The highest BCUT2D eigenvalue weighted by Gasteiger charge is 2.36. The molecule has 4 rings (SSSR count). The Balaban J connectivity index is 1.45. The Kier molecular flexibility index (Phi) is 7.86. The summed E-state index contributed by atoms with van der Waals surface area (Å²) in [6.45, 7) is 1.62. The highest BCUT2D eigenvalue weighted by atomic mass is 19.4. The number of hydrogen-bond donors (Lipinski definition) is 0. The van der Waals surface area contributed by atoms with E-state index in [2.05, 4.69) is 9.97 Å². The van der Waals surface area contributed by atoms with Gasteiger partial charge in [0.25, 0.3) is 0 Å². The minimum Gasteiger partial charge on any atom is -0.457 e. The Morgan fingerprint density at radius 1 is 1.11 bits per heavy atom. The molecule has 190 valence electrons. The van der Waals surface area contributed by atoms with E-state index >= 15 is 0 Å². The molecule has 0 unspecified atom stereocenters.